The van der Waals surface area contributed by atoms with Crippen molar-refractivity contribution in [2.45, 2.75) is 45.3 Å². The molecule has 3 heteroatoms. The molecule has 0 saturated carbocycles. The van der Waals surface area contributed by atoms with Crippen LogP contribution in [0.3, 0.4) is 0 Å². The first-order chi connectivity index (χ1) is 8.71. The van der Waals surface area contributed by atoms with Gasteiger partial charge in [0.05, 0.1) is 6.10 Å². The van der Waals surface area contributed by atoms with Gasteiger partial charge in [0.25, 0.3) is 0 Å². The summed E-state index contributed by atoms with van der Waals surface area (Å²) in [4.78, 5) is 0. The number of hydrogen-bond donors (Lipinski definition) is 1. The van der Waals surface area contributed by atoms with Gasteiger partial charge in [-0.15, -0.1) is 0 Å². The average Bonchev–Trinajstić information content (AvgIpc) is 2.39. The summed E-state index contributed by atoms with van der Waals surface area (Å²) in [5, 5.41) is 4.36. The number of benzene rings is 1. The molecule has 2 atom stereocenters. The maximum absolute atomic E-state index is 5.91. The van der Waals surface area contributed by atoms with E-state index in [9.17, 15) is 0 Å². The number of halogens is 1. The van der Waals surface area contributed by atoms with Crippen LogP contribution in [0.25, 0.3) is 0 Å². The molecule has 102 valence electrons. The van der Waals surface area contributed by atoms with Crippen molar-refractivity contribution in [1.82, 2.24) is 5.32 Å². The van der Waals surface area contributed by atoms with Crippen LogP contribution in [0, 0.1) is 0 Å². The SMILES string of the molecule is CCCNC(Cc1ccc(Cl)cc1)C(CC)OC. The standard InChI is InChI=1S/C15H24ClNO/c1-4-10-17-14(15(5-2)18-3)11-12-6-8-13(16)9-7-12/h6-9,14-15,17H,4-5,10-11H2,1-3H3. The van der Waals surface area contributed by atoms with Crippen LogP contribution in [0.2, 0.25) is 5.02 Å². The minimum Gasteiger partial charge on any atom is -0.380 e. The van der Waals surface area contributed by atoms with Crippen LogP contribution in [0.4, 0.5) is 0 Å². The van der Waals surface area contributed by atoms with Crippen molar-refractivity contribution in [3.63, 3.8) is 0 Å². The van der Waals surface area contributed by atoms with Gasteiger partial charge < -0.3 is 10.1 Å². The van der Waals surface area contributed by atoms with E-state index in [4.69, 9.17) is 16.3 Å². The summed E-state index contributed by atoms with van der Waals surface area (Å²) in [6.45, 7) is 5.37. The lowest BCUT2D eigenvalue weighted by molar-refractivity contribution is 0.0653. The van der Waals surface area contributed by atoms with Crippen LogP contribution in [-0.4, -0.2) is 25.8 Å². The van der Waals surface area contributed by atoms with Gasteiger partial charge in [0.1, 0.15) is 0 Å². The Morgan fingerprint density at radius 2 is 1.89 bits per heavy atom. The van der Waals surface area contributed by atoms with Crippen molar-refractivity contribution in [2.75, 3.05) is 13.7 Å². The maximum atomic E-state index is 5.91. The average molecular weight is 270 g/mol. The molecule has 1 rings (SSSR count). The predicted octanol–water partition coefficient (Wildman–Crippen LogP) is 3.68. The van der Waals surface area contributed by atoms with E-state index in [1.54, 1.807) is 7.11 Å². The number of methoxy groups -OCH3 is 1. The van der Waals surface area contributed by atoms with Gasteiger partial charge >= 0.3 is 0 Å². The van der Waals surface area contributed by atoms with E-state index in [2.05, 4.69) is 31.3 Å². The fourth-order valence-electron chi connectivity index (χ4n) is 2.15. The summed E-state index contributed by atoms with van der Waals surface area (Å²) in [5.41, 5.74) is 1.29. The van der Waals surface area contributed by atoms with Crippen molar-refractivity contribution in [3.8, 4) is 0 Å². The van der Waals surface area contributed by atoms with Crippen LogP contribution >= 0.6 is 11.6 Å². The Hall–Kier alpha value is -0.570. The zero-order valence-corrected chi connectivity index (χ0v) is 12.3. The van der Waals surface area contributed by atoms with Gasteiger partial charge in [-0.2, -0.15) is 0 Å². The van der Waals surface area contributed by atoms with E-state index < -0.39 is 0 Å². The number of rotatable bonds is 8. The van der Waals surface area contributed by atoms with Gasteiger partial charge in [0.15, 0.2) is 0 Å². The first-order valence-corrected chi connectivity index (χ1v) is 7.09. The summed E-state index contributed by atoms with van der Waals surface area (Å²) < 4.78 is 5.57. The Labute approximate surface area is 116 Å². The maximum Gasteiger partial charge on any atom is 0.0724 e. The predicted molar refractivity (Wildman–Crippen MR) is 78.3 cm³/mol. The number of ether oxygens (including phenoxy) is 1. The minimum absolute atomic E-state index is 0.257. The summed E-state index contributed by atoms with van der Waals surface area (Å²) in [7, 11) is 1.79. The minimum atomic E-state index is 0.257. The fraction of sp³-hybridized carbons (Fsp3) is 0.600. The van der Waals surface area contributed by atoms with Crippen LogP contribution in [0.15, 0.2) is 24.3 Å². The summed E-state index contributed by atoms with van der Waals surface area (Å²) in [6.07, 6.45) is 3.39. The molecule has 2 nitrogen and oxygen atoms in total. The Balaban J connectivity index is 2.67. The summed E-state index contributed by atoms with van der Waals surface area (Å²) in [5.74, 6) is 0. The quantitative estimate of drug-likeness (QED) is 0.777. The van der Waals surface area contributed by atoms with Crippen LogP contribution in [0.5, 0.6) is 0 Å². The molecule has 0 amide bonds. The highest BCUT2D eigenvalue weighted by atomic mass is 35.5. The topological polar surface area (TPSA) is 21.3 Å². The third kappa shape index (κ3) is 4.97. The van der Waals surface area contributed by atoms with E-state index >= 15 is 0 Å². The molecule has 2 unspecified atom stereocenters. The second kappa shape index (κ2) is 8.52. The Kier molecular flexibility index (Phi) is 7.33. The van der Waals surface area contributed by atoms with Crippen molar-refractivity contribution in [3.05, 3.63) is 34.9 Å². The zero-order valence-electron chi connectivity index (χ0n) is 11.6. The molecule has 0 aliphatic heterocycles. The lowest BCUT2D eigenvalue weighted by Gasteiger charge is -2.26. The first-order valence-electron chi connectivity index (χ1n) is 6.71. The molecule has 0 saturated heterocycles. The van der Waals surface area contributed by atoms with Gasteiger partial charge in [0.2, 0.25) is 0 Å². The van der Waals surface area contributed by atoms with Crippen LogP contribution in [0.1, 0.15) is 32.3 Å². The fourth-order valence-corrected chi connectivity index (χ4v) is 2.28. The molecule has 0 fully saturated rings. The highest BCUT2D eigenvalue weighted by Gasteiger charge is 2.19. The second-order valence-electron chi connectivity index (χ2n) is 4.57. The van der Waals surface area contributed by atoms with E-state index in [0.717, 1.165) is 30.8 Å². The Bertz CT molecular complexity index is 322. The van der Waals surface area contributed by atoms with Crippen LogP contribution < -0.4 is 5.32 Å². The Morgan fingerprint density at radius 1 is 1.22 bits per heavy atom. The van der Waals surface area contributed by atoms with Gasteiger partial charge in [-0.25, -0.2) is 0 Å². The third-order valence-electron chi connectivity index (χ3n) is 3.18. The molecule has 1 aromatic rings. The lowest BCUT2D eigenvalue weighted by atomic mass is 9.99. The molecule has 0 aliphatic rings. The van der Waals surface area contributed by atoms with E-state index in [0.29, 0.717) is 6.04 Å². The van der Waals surface area contributed by atoms with Crippen molar-refractivity contribution >= 4 is 11.6 Å². The highest BCUT2D eigenvalue weighted by Crippen LogP contribution is 2.14. The van der Waals surface area contributed by atoms with E-state index in [-0.39, 0.29) is 6.10 Å². The smallest absolute Gasteiger partial charge is 0.0724 e. The molecule has 0 aliphatic carbocycles. The molecule has 18 heavy (non-hydrogen) atoms. The van der Waals surface area contributed by atoms with Crippen molar-refractivity contribution in [2.24, 2.45) is 0 Å². The van der Waals surface area contributed by atoms with Crippen molar-refractivity contribution in [1.29, 1.82) is 0 Å². The second-order valence-corrected chi connectivity index (χ2v) is 5.01. The van der Waals surface area contributed by atoms with Gasteiger partial charge in [-0.05, 0) is 43.5 Å². The molecule has 0 radical (unpaired) electrons. The monoisotopic (exact) mass is 269 g/mol. The third-order valence-corrected chi connectivity index (χ3v) is 3.43. The molecule has 0 bridgehead atoms. The molecule has 1 aromatic carbocycles. The lowest BCUT2D eigenvalue weighted by Crippen LogP contribution is -2.42. The Morgan fingerprint density at radius 3 is 2.39 bits per heavy atom. The summed E-state index contributed by atoms with van der Waals surface area (Å²) in [6, 6.07) is 8.43. The number of hydrogen-bond acceptors (Lipinski definition) is 2. The van der Waals surface area contributed by atoms with E-state index in [1.807, 2.05) is 12.1 Å². The van der Waals surface area contributed by atoms with Crippen LogP contribution in [-0.2, 0) is 11.2 Å². The number of nitrogens with one attached hydrogen (secondary N) is 1. The molecule has 0 heterocycles. The highest BCUT2D eigenvalue weighted by molar-refractivity contribution is 6.30. The first kappa shape index (κ1) is 15.5. The molecular formula is C15H24ClNO. The molecule has 0 aromatic heterocycles. The largest absolute Gasteiger partial charge is 0.380 e. The zero-order chi connectivity index (χ0) is 13.4. The molecule has 0 spiro atoms. The van der Waals surface area contributed by atoms with E-state index in [1.165, 1.54) is 5.56 Å². The van der Waals surface area contributed by atoms with Gasteiger partial charge in [0, 0.05) is 18.2 Å². The normalized spacial score (nSPS) is 14.4. The van der Waals surface area contributed by atoms with Gasteiger partial charge in [-0.1, -0.05) is 37.6 Å². The molecule has 1 N–H and O–H groups in total. The van der Waals surface area contributed by atoms with Gasteiger partial charge in [-0.3, -0.25) is 0 Å². The molecular weight excluding hydrogens is 246 g/mol. The summed E-state index contributed by atoms with van der Waals surface area (Å²) >= 11 is 5.91. The van der Waals surface area contributed by atoms with Crippen molar-refractivity contribution < 1.29 is 4.74 Å².